The minimum atomic E-state index is -0.750. The fourth-order valence-corrected chi connectivity index (χ4v) is 1.87. The van der Waals surface area contributed by atoms with E-state index in [-0.39, 0.29) is 18.8 Å². The molecule has 0 aliphatic rings. The molecule has 1 atom stereocenters. The second kappa shape index (κ2) is 9.28. The van der Waals surface area contributed by atoms with Crippen LogP contribution in [0.15, 0.2) is 30.3 Å². The van der Waals surface area contributed by atoms with Crippen molar-refractivity contribution in [2.75, 3.05) is 19.0 Å². The monoisotopic (exact) mass is 277 g/mol. The van der Waals surface area contributed by atoms with Crippen molar-refractivity contribution < 1.29 is 27.2 Å². The van der Waals surface area contributed by atoms with Crippen molar-refractivity contribution in [3.63, 3.8) is 0 Å². The number of halogens is 2. The SMILES string of the molecule is O=C(O)CC[NH+](CCCl)Cc1ccccc1.[Cl-]. The number of alkyl halides is 1. The number of nitrogens with one attached hydrogen (secondary N) is 1. The number of carboxylic acid groups (broad SMARTS) is 1. The van der Waals surface area contributed by atoms with E-state index in [1.54, 1.807) is 0 Å². The van der Waals surface area contributed by atoms with Gasteiger partial charge in [0.1, 0.15) is 6.54 Å². The summed E-state index contributed by atoms with van der Waals surface area (Å²) in [6.07, 6.45) is 0.194. The number of rotatable bonds is 7. The molecular weight excluding hydrogens is 261 g/mol. The normalized spacial score (nSPS) is 11.6. The molecule has 0 aromatic heterocycles. The molecule has 2 N–H and O–H groups in total. The summed E-state index contributed by atoms with van der Waals surface area (Å²) in [5.74, 6) is -0.193. The van der Waals surface area contributed by atoms with E-state index in [2.05, 4.69) is 12.1 Å². The van der Waals surface area contributed by atoms with Gasteiger partial charge < -0.3 is 22.4 Å². The van der Waals surface area contributed by atoms with Crippen LogP contribution in [0.25, 0.3) is 0 Å². The van der Waals surface area contributed by atoms with Gasteiger partial charge >= 0.3 is 5.97 Å². The van der Waals surface area contributed by atoms with Crippen molar-refractivity contribution in [2.24, 2.45) is 0 Å². The lowest BCUT2D eigenvalue weighted by atomic mass is 10.2. The predicted octanol–water partition coefficient (Wildman–Crippen LogP) is -2.21. The number of hydrogen-bond acceptors (Lipinski definition) is 1. The average molecular weight is 278 g/mol. The van der Waals surface area contributed by atoms with Gasteiger partial charge in [0.2, 0.25) is 0 Å². The Balaban J connectivity index is 0.00000256. The van der Waals surface area contributed by atoms with Crippen LogP contribution in [0.3, 0.4) is 0 Å². The Kier molecular flexibility index (Phi) is 8.86. The van der Waals surface area contributed by atoms with E-state index in [0.717, 1.165) is 13.1 Å². The van der Waals surface area contributed by atoms with Crippen molar-refractivity contribution in [1.82, 2.24) is 0 Å². The molecule has 1 rings (SSSR count). The molecule has 1 unspecified atom stereocenters. The zero-order valence-electron chi connectivity index (χ0n) is 9.53. The molecule has 1 aromatic carbocycles. The molecule has 0 bridgehead atoms. The standard InChI is InChI=1S/C12H16ClNO2.ClH/c13-7-9-14(8-6-12(15)16)10-11-4-2-1-3-5-11;/h1-5H,6-10H2,(H,15,16);1H. The molecule has 0 aliphatic carbocycles. The number of quaternary nitrogens is 1. The van der Waals surface area contributed by atoms with E-state index in [0.29, 0.717) is 12.4 Å². The van der Waals surface area contributed by atoms with Crippen molar-refractivity contribution in [1.29, 1.82) is 0 Å². The van der Waals surface area contributed by atoms with Crippen molar-refractivity contribution in [3.8, 4) is 0 Å². The summed E-state index contributed by atoms with van der Waals surface area (Å²) >= 11 is 5.71. The molecule has 1 aromatic rings. The highest BCUT2D eigenvalue weighted by atomic mass is 35.5. The summed E-state index contributed by atoms with van der Waals surface area (Å²) in [4.78, 5) is 11.7. The highest BCUT2D eigenvalue weighted by Gasteiger charge is 2.10. The molecule has 0 spiro atoms. The molecule has 0 fully saturated rings. The number of carbonyl (C=O) groups is 1. The topological polar surface area (TPSA) is 41.7 Å². The Labute approximate surface area is 113 Å². The van der Waals surface area contributed by atoms with E-state index in [4.69, 9.17) is 16.7 Å². The van der Waals surface area contributed by atoms with Gasteiger partial charge in [-0.1, -0.05) is 30.3 Å². The lowest BCUT2D eigenvalue weighted by Crippen LogP contribution is -3.11. The van der Waals surface area contributed by atoms with Crippen LogP contribution in [0.4, 0.5) is 0 Å². The second-order valence-corrected chi connectivity index (χ2v) is 4.12. The molecule has 17 heavy (non-hydrogen) atoms. The highest BCUT2D eigenvalue weighted by molar-refractivity contribution is 6.17. The first kappa shape index (κ1) is 16.2. The maximum absolute atomic E-state index is 10.5. The molecule has 0 heterocycles. The van der Waals surface area contributed by atoms with Crippen LogP contribution < -0.4 is 17.3 Å². The van der Waals surface area contributed by atoms with Gasteiger partial charge in [-0.05, 0) is 0 Å². The minimum absolute atomic E-state index is 0. The van der Waals surface area contributed by atoms with Gasteiger partial charge in [-0.25, -0.2) is 0 Å². The van der Waals surface area contributed by atoms with Crippen LogP contribution in [0.1, 0.15) is 12.0 Å². The maximum Gasteiger partial charge on any atom is 0.309 e. The van der Waals surface area contributed by atoms with Crippen LogP contribution in [-0.2, 0) is 11.3 Å². The largest absolute Gasteiger partial charge is 1.00 e. The molecule has 0 amide bonds. The van der Waals surface area contributed by atoms with Gasteiger partial charge in [0.25, 0.3) is 0 Å². The Morgan fingerprint density at radius 1 is 1.24 bits per heavy atom. The number of carboxylic acids is 1. The van der Waals surface area contributed by atoms with Gasteiger partial charge in [-0.2, -0.15) is 0 Å². The maximum atomic E-state index is 10.5. The number of hydrogen-bond donors (Lipinski definition) is 2. The van der Waals surface area contributed by atoms with Gasteiger partial charge in [0, 0.05) is 5.56 Å². The fraction of sp³-hybridized carbons (Fsp3) is 0.417. The first-order chi connectivity index (χ1) is 7.72. The van der Waals surface area contributed by atoms with E-state index < -0.39 is 5.97 Å². The van der Waals surface area contributed by atoms with E-state index in [1.807, 2.05) is 18.2 Å². The number of benzene rings is 1. The second-order valence-electron chi connectivity index (χ2n) is 3.75. The van der Waals surface area contributed by atoms with Crippen LogP contribution in [0, 0.1) is 0 Å². The first-order valence-corrected chi connectivity index (χ1v) is 5.91. The van der Waals surface area contributed by atoms with E-state index in [1.165, 1.54) is 10.5 Å². The molecule has 96 valence electrons. The Morgan fingerprint density at radius 2 is 1.88 bits per heavy atom. The Morgan fingerprint density at radius 3 is 2.41 bits per heavy atom. The summed E-state index contributed by atoms with van der Waals surface area (Å²) in [7, 11) is 0. The third-order valence-electron chi connectivity index (χ3n) is 2.44. The highest BCUT2D eigenvalue weighted by Crippen LogP contribution is 1.95. The van der Waals surface area contributed by atoms with Crippen molar-refractivity contribution in [3.05, 3.63) is 35.9 Å². The molecular formula is C12H17Cl2NO2. The van der Waals surface area contributed by atoms with Gasteiger partial charge in [0.15, 0.2) is 0 Å². The van der Waals surface area contributed by atoms with Crippen LogP contribution in [0.2, 0.25) is 0 Å². The van der Waals surface area contributed by atoms with Gasteiger partial charge in [-0.3, -0.25) is 4.79 Å². The Hall–Kier alpha value is -0.770. The van der Waals surface area contributed by atoms with E-state index >= 15 is 0 Å². The average Bonchev–Trinajstić information content (AvgIpc) is 2.27. The third kappa shape index (κ3) is 7.21. The smallest absolute Gasteiger partial charge is 0.309 e. The first-order valence-electron chi connectivity index (χ1n) is 5.37. The molecule has 3 nitrogen and oxygen atoms in total. The fourth-order valence-electron chi connectivity index (χ4n) is 1.60. The van der Waals surface area contributed by atoms with Gasteiger partial charge in [-0.15, -0.1) is 11.6 Å². The summed E-state index contributed by atoms with van der Waals surface area (Å²) in [6.45, 7) is 2.25. The summed E-state index contributed by atoms with van der Waals surface area (Å²) in [6, 6.07) is 10.1. The summed E-state index contributed by atoms with van der Waals surface area (Å²) in [5.41, 5.74) is 1.22. The zero-order valence-corrected chi connectivity index (χ0v) is 11.0. The zero-order chi connectivity index (χ0) is 11.8. The lowest BCUT2D eigenvalue weighted by molar-refractivity contribution is -0.911. The van der Waals surface area contributed by atoms with Crippen LogP contribution in [0.5, 0.6) is 0 Å². The Bertz CT molecular complexity index is 320. The molecule has 0 saturated heterocycles. The predicted molar refractivity (Wildman–Crippen MR) is 63.8 cm³/mol. The summed E-state index contributed by atoms with van der Waals surface area (Å²) < 4.78 is 0. The molecule has 0 aliphatic heterocycles. The van der Waals surface area contributed by atoms with Gasteiger partial charge in [0.05, 0.1) is 25.4 Å². The minimum Gasteiger partial charge on any atom is -1.00 e. The third-order valence-corrected chi connectivity index (χ3v) is 2.63. The molecule has 0 saturated carbocycles. The van der Waals surface area contributed by atoms with Crippen LogP contribution in [-0.4, -0.2) is 30.0 Å². The van der Waals surface area contributed by atoms with Crippen molar-refractivity contribution in [2.45, 2.75) is 13.0 Å². The summed E-state index contributed by atoms with van der Waals surface area (Å²) in [5, 5.41) is 8.65. The van der Waals surface area contributed by atoms with E-state index in [9.17, 15) is 4.79 Å². The molecule has 0 radical (unpaired) electrons. The quantitative estimate of drug-likeness (QED) is 0.555. The number of aliphatic carboxylic acids is 1. The van der Waals surface area contributed by atoms with Crippen molar-refractivity contribution >= 4 is 17.6 Å². The van der Waals surface area contributed by atoms with Crippen LogP contribution >= 0.6 is 11.6 Å². The molecule has 5 heteroatoms. The lowest BCUT2D eigenvalue weighted by Gasteiger charge is -2.17.